The normalized spacial score (nSPS) is 14.4. The molecule has 108 valence electrons. The first kappa shape index (κ1) is 15.0. The molecule has 1 aliphatic rings. The molecule has 0 radical (unpaired) electrons. The number of amides is 2. The molecule has 2 amide bonds. The zero-order chi connectivity index (χ0) is 14.7. The molecule has 0 unspecified atom stereocenters. The minimum Gasteiger partial charge on any atom is -0.341 e. The molecule has 4 nitrogen and oxygen atoms in total. The Kier molecular flexibility index (Phi) is 4.81. The lowest BCUT2D eigenvalue weighted by atomic mass is 10.1. The lowest BCUT2D eigenvalue weighted by molar-refractivity contribution is -0.130. The van der Waals surface area contributed by atoms with Crippen molar-refractivity contribution < 1.29 is 9.59 Å². The summed E-state index contributed by atoms with van der Waals surface area (Å²) in [5, 5.41) is 0. The van der Waals surface area contributed by atoms with Crippen LogP contribution in [0.5, 0.6) is 0 Å². The zero-order valence-electron chi connectivity index (χ0n) is 11.9. The summed E-state index contributed by atoms with van der Waals surface area (Å²) in [4.78, 5) is 27.7. The van der Waals surface area contributed by atoms with Crippen molar-refractivity contribution in [3.8, 4) is 0 Å². The van der Waals surface area contributed by atoms with Crippen LogP contribution in [0.15, 0.2) is 22.7 Å². The topological polar surface area (TPSA) is 40.6 Å². The fraction of sp³-hybridized carbons (Fsp3) is 0.467. The smallest absolute Gasteiger partial charge is 0.254 e. The Morgan fingerprint density at radius 1 is 1.30 bits per heavy atom. The largest absolute Gasteiger partial charge is 0.341 e. The van der Waals surface area contributed by atoms with E-state index in [9.17, 15) is 9.59 Å². The predicted octanol–water partition coefficient (Wildman–Crippen LogP) is 2.45. The summed E-state index contributed by atoms with van der Waals surface area (Å²) in [6.07, 6.45) is 2.13. The number of rotatable bonds is 3. The quantitative estimate of drug-likeness (QED) is 0.849. The van der Waals surface area contributed by atoms with E-state index in [0.29, 0.717) is 5.56 Å². The molecule has 5 heteroatoms. The van der Waals surface area contributed by atoms with Gasteiger partial charge in [0.05, 0.1) is 6.54 Å². The molecule has 1 aromatic rings. The summed E-state index contributed by atoms with van der Waals surface area (Å²) in [6, 6.07) is 5.47. The van der Waals surface area contributed by atoms with Crippen LogP contribution in [0.3, 0.4) is 0 Å². The molecule has 1 aromatic carbocycles. The minimum atomic E-state index is -0.117. The van der Waals surface area contributed by atoms with Gasteiger partial charge in [0.15, 0.2) is 0 Å². The fourth-order valence-electron chi connectivity index (χ4n) is 2.34. The summed E-state index contributed by atoms with van der Waals surface area (Å²) in [5.41, 5.74) is 1.62. The molecule has 0 N–H and O–H groups in total. The molecule has 0 bridgehead atoms. The zero-order valence-corrected chi connectivity index (χ0v) is 13.4. The van der Waals surface area contributed by atoms with E-state index in [1.807, 2.05) is 24.0 Å². The van der Waals surface area contributed by atoms with Gasteiger partial charge in [-0.05, 0) is 43.5 Å². The predicted molar refractivity (Wildman–Crippen MR) is 81.7 cm³/mol. The van der Waals surface area contributed by atoms with E-state index < -0.39 is 0 Å². The van der Waals surface area contributed by atoms with E-state index in [2.05, 4.69) is 15.9 Å². The molecular formula is C15H19BrN2O2. The van der Waals surface area contributed by atoms with Gasteiger partial charge in [0.1, 0.15) is 0 Å². The third-order valence-corrected chi connectivity index (χ3v) is 4.47. The van der Waals surface area contributed by atoms with Gasteiger partial charge < -0.3 is 9.80 Å². The summed E-state index contributed by atoms with van der Waals surface area (Å²) < 4.78 is 0.977. The highest BCUT2D eigenvalue weighted by Gasteiger charge is 2.21. The second kappa shape index (κ2) is 6.39. The van der Waals surface area contributed by atoms with E-state index in [1.165, 1.54) is 4.90 Å². The number of likely N-dealkylation sites (tertiary alicyclic amines) is 1. The summed E-state index contributed by atoms with van der Waals surface area (Å²) >= 11 is 3.41. The first-order valence-corrected chi connectivity index (χ1v) is 7.57. The number of carbonyl (C=O) groups excluding carboxylic acids is 2. The van der Waals surface area contributed by atoms with Crippen molar-refractivity contribution in [2.24, 2.45) is 0 Å². The Hall–Kier alpha value is -1.36. The average molecular weight is 339 g/mol. The van der Waals surface area contributed by atoms with Crippen LogP contribution in [0.4, 0.5) is 0 Å². The Bertz CT molecular complexity index is 525. The van der Waals surface area contributed by atoms with Crippen molar-refractivity contribution in [1.82, 2.24) is 9.80 Å². The number of hydrogen-bond donors (Lipinski definition) is 0. The SMILES string of the molecule is Cc1cc(C(=O)N(C)CC(=O)N2CCCC2)ccc1Br. The lowest BCUT2D eigenvalue weighted by Crippen LogP contribution is -2.39. The van der Waals surface area contributed by atoms with Crippen LogP contribution in [-0.2, 0) is 4.79 Å². The van der Waals surface area contributed by atoms with Gasteiger partial charge in [-0.2, -0.15) is 0 Å². The van der Waals surface area contributed by atoms with Gasteiger partial charge >= 0.3 is 0 Å². The van der Waals surface area contributed by atoms with Crippen molar-refractivity contribution in [3.05, 3.63) is 33.8 Å². The van der Waals surface area contributed by atoms with Gasteiger partial charge in [0.25, 0.3) is 5.91 Å². The highest BCUT2D eigenvalue weighted by molar-refractivity contribution is 9.10. The van der Waals surface area contributed by atoms with Gasteiger partial charge in [-0.25, -0.2) is 0 Å². The lowest BCUT2D eigenvalue weighted by Gasteiger charge is -2.21. The number of likely N-dealkylation sites (N-methyl/N-ethyl adjacent to an activating group) is 1. The Balaban J connectivity index is 2.00. The first-order valence-electron chi connectivity index (χ1n) is 6.78. The molecule has 0 aromatic heterocycles. The highest BCUT2D eigenvalue weighted by atomic mass is 79.9. The van der Waals surface area contributed by atoms with E-state index >= 15 is 0 Å². The minimum absolute atomic E-state index is 0.0344. The van der Waals surface area contributed by atoms with Gasteiger partial charge in [-0.15, -0.1) is 0 Å². The number of halogens is 1. The summed E-state index contributed by atoms with van der Waals surface area (Å²) in [7, 11) is 1.67. The van der Waals surface area contributed by atoms with Gasteiger partial charge in [0, 0.05) is 30.2 Å². The van der Waals surface area contributed by atoms with Crippen molar-refractivity contribution in [1.29, 1.82) is 0 Å². The van der Waals surface area contributed by atoms with Crippen LogP contribution < -0.4 is 0 Å². The molecule has 2 rings (SSSR count). The molecule has 1 saturated heterocycles. The number of hydrogen-bond acceptors (Lipinski definition) is 2. The molecule has 20 heavy (non-hydrogen) atoms. The van der Waals surface area contributed by atoms with Crippen LogP contribution in [0.25, 0.3) is 0 Å². The number of nitrogens with zero attached hydrogens (tertiary/aromatic N) is 2. The van der Waals surface area contributed by atoms with Gasteiger partial charge in [-0.3, -0.25) is 9.59 Å². The molecule has 0 aliphatic carbocycles. The van der Waals surface area contributed by atoms with Crippen LogP contribution in [0.2, 0.25) is 0 Å². The standard InChI is InChI=1S/C15H19BrN2O2/c1-11-9-12(5-6-13(11)16)15(20)17(2)10-14(19)18-7-3-4-8-18/h5-6,9H,3-4,7-8,10H2,1-2H3. The van der Waals surface area contributed by atoms with E-state index in [4.69, 9.17) is 0 Å². The second-order valence-electron chi connectivity index (χ2n) is 5.21. The van der Waals surface area contributed by atoms with Crippen molar-refractivity contribution >= 4 is 27.7 Å². The third-order valence-electron chi connectivity index (χ3n) is 3.58. The Morgan fingerprint density at radius 3 is 2.55 bits per heavy atom. The maximum atomic E-state index is 12.3. The van der Waals surface area contributed by atoms with Crippen molar-refractivity contribution in [2.75, 3.05) is 26.7 Å². The monoisotopic (exact) mass is 338 g/mol. The molecule has 1 aliphatic heterocycles. The van der Waals surface area contributed by atoms with Crippen LogP contribution >= 0.6 is 15.9 Å². The second-order valence-corrected chi connectivity index (χ2v) is 6.07. The summed E-state index contributed by atoms with van der Waals surface area (Å²) in [6.45, 7) is 3.72. The van der Waals surface area contributed by atoms with Gasteiger partial charge in [-0.1, -0.05) is 15.9 Å². The molecule has 0 atom stereocenters. The molecule has 0 spiro atoms. The van der Waals surface area contributed by atoms with Crippen molar-refractivity contribution in [2.45, 2.75) is 19.8 Å². The maximum Gasteiger partial charge on any atom is 0.254 e. The highest BCUT2D eigenvalue weighted by Crippen LogP contribution is 2.18. The Morgan fingerprint density at radius 2 is 1.95 bits per heavy atom. The number of aryl methyl sites for hydroxylation is 1. The molecule has 0 saturated carbocycles. The first-order chi connectivity index (χ1) is 9.49. The van der Waals surface area contributed by atoms with Crippen LogP contribution in [-0.4, -0.2) is 48.3 Å². The fourth-order valence-corrected chi connectivity index (χ4v) is 2.59. The Labute approximate surface area is 127 Å². The number of benzene rings is 1. The van der Waals surface area contributed by atoms with E-state index in [0.717, 1.165) is 36.0 Å². The molecular weight excluding hydrogens is 320 g/mol. The van der Waals surface area contributed by atoms with Crippen LogP contribution in [0, 0.1) is 6.92 Å². The molecule has 1 heterocycles. The van der Waals surface area contributed by atoms with E-state index in [-0.39, 0.29) is 18.4 Å². The molecule has 1 fully saturated rings. The van der Waals surface area contributed by atoms with E-state index in [1.54, 1.807) is 13.1 Å². The average Bonchev–Trinajstić information content (AvgIpc) is 2.95. The third kappa shape index (κ3) is 3.39. The maximum absolute atomic E-state index is 12.3. The number of carbonyl (C=O) groups is 2. The summed E-state index contributed by atoms with van der Waals surface area (Å²) in [5.74, 6) is -0.0830. The van der Waals surface area contributed by atoms with Crippen molar-refractivity contribution in [3.63, 3.8) is 0 Å². The van der Waals surface area contributed by atoms with Crippen LogP contribution in [0.1, 0.15) is 28.8 Å². The van der Waals surface area contributed by atoms with Gasteiger partial charge in [0.2, 0.25) is 5.91 Å².